The summed E-state index contributed by atoms with van der Waals surface area (Å²) in [7, 11) is 0. The van der Waals surface area contributed by atoms with Gasteiger partial charge in [-0.3, -0.25) is 4.79 Å². The average molecular weight is 489 g/mol. The van der Waals surface area contributed by atoms with Gasteiger partial charge >= 0.3 is 0 Å². The van der Waals surface area contributed by atoms with Crippen LogP contribution in [0.4, 0.5) is 20.2 Å². The number of aliphatic hydroxyl groups is 2. The summed E-state index contributed by atoms with van der Waals surface area (Å²) in [6.07, 6.45) is -0.297. The number of carbonyl (C=O) groups is 1. The molecule has 6 nitrogen and oxygen atoms in total. The lowest BCUT2D eigenvalue weighted by molar-refractivity contribution is -0.116. The highest BCUT2D eigenvalue weighted by atomic mass is 35.5. The Kier molecular flexibility index (Phi) is 7.82. The fraction of sp³-hybridized carbons (Fsp3) is 0.409. The second-order valence-corrected chi connectivity index (χ2v) is 8.61. The number of anilines is 2. The van der Waals surface area contributed by atoms with Crippen molar-refractivity contribution in [1.29, 1.82) is 0 Å². The average Bonchev–Trinajstić information content (AvgIpc) is 2.71. The Morgan fingerprint density at radius 3 is 2.59 bits per heavy atom. The molecule has 0 aliphatic carbocycles. The highest BCUT2D eigenvalue weighted by Gasteiger charge is 2.42. The van der Waals surface area contributed by atoms with E-state index in [1.807, 2.05) is 6.92 Å². The molecule has 2 atom stereocenters. The van der Waals surface area contributed by atoms with Gasteiger partial charge in [-0.1, -0.05) is 30.1 Å². The molecule has 3 N–H and O–H groups in total. The van der Waals surface area contributed by atoms with Gasteiger partial charge in [0, 0.05) is 30.6 Å². The van der Waals surface area contributed by atoms with Crippen molar-refractivity contribution in [3.63, 3.8) is 0 Å². The summed E-state index contributed by atoms with van der Waals surface area (Å²) in [4.78, 5) is 13.2. The van der Waals surface area contributed by atoms with Crippen LogP contribution >= 0.6 is 23.2 Å². The van der Waals surface area contributed by atoms with E-state index in [2.05, 4.69) is 5.32 Å². The molecule has 3 rings (SSSR count). The zero-order chi connectivity index (χ0) is 23.5. The number of β-amino-alcohol motifs (C(OH)–C–C–N with tert-alkyl or cyclic N) is 1. The molecule has 0 spiro atoms. The molecule has 2 aromatic carbocycles. The number of nitrogens with zero attached hydrogens (tertiary/aromatic N) is 1. The monoisotopic (exact) mass is 488 g/mol. The second kappa shape index (κ2) is 10.2. The van der Waals surface area contributed by atoms with Crippen LogP contribution in [0.1, 0.15) is 26.2 Å². The molecule has 10 heteroatoms. The number of hydrogen-bond donors (Lipinski definition) is 3. The van der Waals surface area contributed by atoms with Crippen LogP contribution in [0.2, 0.25) is 10.0 Å². The number of ether oxygens (including phenoxy) is 1. The minimum absolute atomic E-state index is 0.00333. The molecule has 1 amide bonds. The highest BCUT2D eigenvalue weighted by molar-refractivity contribution is 6.33. The van der Waals surface area contributed by atoms with E-state index in [4.69, 9.17) is 27.9 Å². The fourth-order valence-corrected chi connectivity index (χ4v) is 3.87. The molecule has 0 aromatic heterocycles. The van der Waals surface area contributed by atoms with E-state index >= 15 is 0 Å². The number of nitrogens with one attached hydrogen (secondary N) is 1. The molecular weight excluding hydrogens is 465 g/mol. The first-order valence-corrected chi connectivity index (χ1v) is 10.9. The lowest BCUT2D eigenvalue weighted by Gasteiger charge is -2.42. The number of halogens is 4. The molecule has 174 valence electrons. The Balaban J connectivity index is 1.66. The first kappa shape index (κ1) is 24.5. The number of hydrogen-bond acceptors (Lipinski definition) is 5. The van der Waals surface area contributed by atoms with E-state index in [1.165, 1.54) is 11.0 Å². The molecule has 0 unspecified atom stereocenters. The molecule has 1 aliphatic heterocycles. The summed E-state index contributed by atoms with van der Waals surface area (Å²) in [6, 6.07) is 6.63. The molecule has 1 heterocycles. The summed E-state index contributed by atoms with van der Waals surface area (Å²) in [5, 5.41) is 24.4. The van der Waals surface area contributed by atoms with Crippen LogP contribution in [0, 0.1) is 11.6 Å². The zero-order valence-electron chi connectivity index (χ0n) is 17.4. The number of piperidine rings is 1. The van der Waals surface area contributed by atoms with Gasteiger partial charge < -0.3 is 25.2 Å². The number of benzene rings is 2. The molecule has 0 saturated carbocycles. The van der Waals surface area contributed by atoms with Gasteiger partial charge in [0.15, 0.2) is 11.6 Å². The molecule has 2 aromatic rings. The van der Waals surface area contributed by atoms with Crippen molar-refractivity contribution in [2.24, 2.45) is 0 Å². The number of carbonyl (C=O) groups excluding carboxylic acids is 1. The summed E-state index contributed by atoms with van der Waals surface area (Å²) < 4.78 is 34.1. The summed E-state index contributed by atoms with van der Waals surface area (Å²) >= 11 is 11.8. The maximum absolute atomic E-state index is 14.2. The van der Waals surface area contributed by atoms with Crippen LogP contribution < -0.4 is 15.0 Å². The SMILES string of the molecule is CCCC(=O)Nc1cc(OC[C@]2(O)CCN(c3c(F)cc(Cl)cc3F)C[C@H]2O)ccc1Cl. The number of aliphatic hydroxyl groups excluding tert-OH is 1. The Labute approximate surface area is 194 Å². The standard InChI is InChI=1S/C22H24Cl2F2N2O4/c1-2-3-20(30)27-18-10-14(4-5-15(18)24)32-12-22(31)6-7-28(11-19(22)29)21-16(25)8-13(23)9-17(21)26/h4-5,8-10,19,29,31H,2-3,6-7,11-12H2,1H3,(H,27,30)/t19-,22-/m1/s1. The third-order valence-electron chi connectivity index (χ3n) is 5.30. The summed E-state index contributed by atoms with van der Waals surface area (Å²) in [5.74, 6) is -1.54. The highest BCUT2D eigenvalue weighted by Crippen LogP contribution is 2.33. The largest absolute Gasteiger partial charge is 0.490 e. The van der Waals surface area contributed by atoms with Crippen LogP contribution in [0.25, 0.3) is 0 Å². The Hall–Kier alpha value is -2.13. The minimum atomic E-state index is -1.64. The molecule has 32 heavy (non-hydrogen) atoms. The molecule has 0 bridgehead atoms. The van der Waals surface area contributed by atoms with Gasteiger partial charge in [0.25, 0.3) is 0 Å². The van der Waals surface area contributed by atoms with Crippen LogP contribution in [-0.4, -0.2) is 47.5 Å². The Bertz CT molecular complexity index is 971. The first-order chi connectivity index (χ1) is 15.1. The molecule has 1 saturated heterocycles. The lowest BCUT2D eigenvalue weighted by atomic mass is 9.89. The van der Waals surface area contributed by atoms with Crippen molar-refractivity contribution in [2.45, 2.75) is 37.9 Å². The van der Waals surface area contributed by atoms with Crippen LogP contribution in [0.5, 0.6) is 5.75 Å². The van der Waals surface area contributed by atoms with Gasteiger partial charge in [-0.25, -0.2) is 8.78 Å². The maximum Gasteiger partial charge on any atom is 0.224 e. The fourth-order valence-electron chi connectivity index (χ4n) is 3.51. The van der Waals surface area contributed by atoms with Gasteiger partial charge in [0.05, 0.1) is 10.7 Å². The summed E-state index contributed by atoms with van der Waals surface area (Å²) in [6.45, 7) is 1.50. The normalized spacial score (nSPS) is 20.8. The van der Waals surface area contributed by atoms with E-state index in [-0.39, 0.29) is 42.7 Å². The number of rotatable bonds is 7. The van der Waals surface area contributed by atoms with Gasteiger partial charge in [-0.05, 0) is 37.1 Å². The van der Waals surface area contributed by atoms with Crippen LogP contribution in [0.15, 0.2) is 30.3 Å². The van der Waals surface area contributed by atoms with Crippen molar-refractivity contribution in [1.82, 2.24) is 0 Å². The van der Waals surface area contributed by atoms with Gasteiger partial charge in [0.2, 0.25) is 5.91 Å². The van der Waals surface area contributed by atoms with Gasteiger partial charge in [-0.2, -0.15) is 0 Å². The minimum Gasteiger partial charge on any atom is -0.490 e. The zero-order valence-corrected chi connectivity index (χ0v) is 18.9. The topological polar surface area (TPSA) is 82.0 Å². The van der Waals surface area contributed by atoms with E-state index < -0.39 is 23.3 Å². The van der Waals surface area contributed by atoms with Crippen molar-refractivity contribution in [3.05, 3.63) is 52.0 Å². The van der Waals surface area contributed by atoms with E-state index in [1.54, 1.807) is 12.1 Å². The second-order valence-electron chi connectivity index (χ2n) is 7.76. The van der Waals surface area contributed by atoms with Gasteiger partial charge in [0.1, 0.15) is 29.7 Å². The predicted octanol–water partition coefficient (Wildman–Crippen LogP) is 4.39. The Morgan fingerprint density at radius 2 is 1.97 bits per heavy atom. The quantitative estimate of drug-likeness (QED) is 0.538. The lowest BCUT2D eigenvalue weighted by Crippen LogP contribution is -2.58. The van der Waals surface area contributed by atoms with E-state index in [0.717, 1.165) is 12.1 Å². The Morgan fingerprint density at radius 1 is 1.28 bits per heavy atom. The number of amides is 1. The van der Waals surface area contributed by atoms with Crippen LogP contribution in [-0.2, 0) is 4.79 Å². The molecule has 1 fully saturated rings. The first-order valence-electron chi connectivity index (χ1n) is 10.1. The van der Waals surface area contributed by atoms with Gasteiger partial charge in [-0.15, -0.1) is 0 Å². The van der Waals surface area contributed by atoms with E-state index in [0.29, 0.717) is 29.3 Å². The third kappa shape index (κ3) is 5.61. The maximum atomic E-state index is 14.2. The van der Waals surface area contributed by atoms with Crippen molar-refractivity contribution < 1.29 is 28.5 Å². The molecular formula is C22H24Cl2F2N2O4. The smallest absolute Gasteiger partial charge is 0.224 e. The van der Waals surface area contributed by atoms with Crippen molar-refractivity contribution in [3.8, 4) is 5.75 Å². The molecule has 0 radical (unpaired) electrons. The van der Waals surface area contributed by atoms with Crippen molar-refractivity contribution in [2.75, 3.05) is 29.9 Å². The predicted molar refractivity (Wildman–Crippen MR) is 120 cm³/mol. The van der Waals surface area contributed by atoms with E-state index in [9.17, 15) is 23.8 Å². The van der Waals surface area contributed by atoms with Crippen LogP contribution in [0.3, 0.4) is 0 Å². The summed E-state index contributed by atoms with van der Waals surface area (Å²) in [5.41, 5.74) is -1.57. The van der Waals surface area contributed by atoms with Crippen molar-refractivity contribution >= 4 is 40.5 Å². The third-order valence-corrected chi connectivity index (χ3v) is 5.85. The molecule has 1 aliphatic rings.